The summed E-state index contributed by atoms with van der Waals surface area (Å²) in [5, 5.41) is 20.0. The molecule has 0 amide bonds. The van der Waals surface area contributed by atoms with Crippen LogP contribution in [0.25, 0.3) is 27.3 Å². The largest absolute Gasteiger partial charge is 0.510 e. The van der Waals surface area contributed by atoms with E-state index in [4.69, 9.17) is 4.74 Å². The number of hydrogen-bond acceptors (Lipinski definition) is 8. The highest BCUT2D eigenvalue weighted by molar-refractivity contribution is 7.99. The molecule has 0 spiro atoms. The third-order valence-electron chi connectivity index (χ3n) is 3.86. The molecule has 0 aliphatic heterocycles. The van der Waals surface area contributed by atoms with Gasteiger partial charge in [0.05, 0.1) is 28.8 Å². The SMILES string of the molecule is COC(=O)/C(=C(/O)CSc1n[nH]c(-c2cccs2)n1)c1nc2ccccc2[nH]1. The van der Waals surface area contributed by atoms with Crippen molar-refractivity contribution in [2.24, 2.45) is 0 Å². The van der Waals surface area contributed by atoms with Crippen LogP contribution in [0.15, 0.2) is 52.7 Å². The molecule has 142 valence electrons. The highest BCUT2D eigenvalue weighted by Gasteiger charge is 2.22. The summed E-state index contributed by atoms with van der Waals surface area (Å²) in [5.41, 5.74) is 1.43. The summed E-state index contributed by atoms with van der Waals surface area (Å²) in [6.45, 7) is 0. The number of aliphatic hydroxyl groups excluding tert-OH is 1. The van der Waals surface area contributed by atoms with Gasteiger partial charge in [0.1, 0.15) is 17.2 Å². The van der Waals surface area contributed by atoms with Crippen molar-refractivity contribution in [2.45, 2.75) is 5.16 Å². The molecule has 0 aliphatic carbocycles. The zero-order chi connectivity index (χ0) is 19.5. The van der Waals surface area contributed by atoms with Gasteiger partial charge in [-0.2, -0.15) is 0 Å². The number of fused-ring (bicyclic) bond motifs is 1. The van der Waals surface area contributed by atoms with Gasteiger partial charge in [0.15, 0.2) is 5.82 Å². The molecule has 0 aliphatic rings. The smallest absolute Gasteiger partial charge is 0.345 e. The fraction of sp³-hybridized carbons (Fsp3) is 0.111. The van der Waals surface area contributed by atoms with Gasteiger partial charge in [0.25, 0.3) is 0 Å². The molecule has 4 rings (SSSR count). The Hall–Kier alpha value is -3.11. The van der Waals surface area contributed by atoms with Crippen LogP contribution in [0.1, 0.15) is 5.82 Å². The first kappa shape index (κ1) is 18.3. The van der Waals surface area contributed by atoms with Crippen LogP contribution in [-0.4, -0.2) is 49.1 Å². The van der Waals surface area contributed by atoms with Gasteiger partial charge in [0, 0.05) is 0 Å². The summed E-state index contributed by atoms with van der Waals surface area (Å²) < 4.78 is 4.83. The molecule has 0 saturated carbocycles. The van der Waals surface area contributed by atoms with Crippen LogP contribution >= 0.6 is 23.1 Å². The Morgan fingerprint density at radius 3 is 2.86 bits per heavy atom. The molecule has 0 bridgehead atoms. The monoisotopic (exact) mass is 413 g/mol. The molecule has 4 aromatic rings. The van der Waals surface area contributed by atoms with E-state index in [0.717, 1.165) is 10.4 Å². The third kappa shape index (κ3) is 3.64. The molecular weight excluding hydrogens is 398 g/mol. The van der Waals surface area contributed by atoms with E-state index in [0.29, 0.717) is 16.5 Å². The Bertz CT molecular complexity index is 1110. The number of imidazole rings is 1. The Labute approximate surface area is 167 Å². The number of aromatic nitrogens is 5. The molecule has 0 unspecified atom stereocenters. The number of carbonyl (C=O) groups is 1. The van der Waals surface area contributed by atoms with E-state index >= 15 is 0 Å². The second-order valence-electron chi connectivity index (χ2n) is 5.65. The summed E-state index contributed by atoms with van der Waals surface area (Å²) >= 11 is 2.75. The zero-order valence-corrected chi connectivity index (χ0v) is 16.3. The lowest BCUT2D eigenvalue weighted by molar-refractivity contribution is -0.133. The van der Waals surface area contributed by atoms with Crippen molar-refractivity contribution >= 4 is 45.7 Å². The third-order valence-corrected chi connectivity index (χ3v) is 5.60. The van der Waals surface area contributed by atoms with E-state index in [1.54, 1.807) is 11.3 Å². The molecule has 3 heterocycles. The number of thioether (sulfide) groups is 1. The molecular formula is C18H15N5O3S2. The van der Waals surface area contributed by atoms with Gasteiger partial charge in [-0.05, 0) is 23.6 Å². The normalized spacial score (nSPS) is 12.2. The maximum Gasteiger partial charge on any atom is 0.345 e. The number of para-hydroxylation sites is 2. The van der Waals surface area contributed by atoms with Crippen LogP contribution in [0.5, 0.6) is 0 Å². The van der Waals surface area contributed by atoms with Crippen LogP contribution in [0.3, 0.4) is 0 Å². The fourth-order valence-corrected chi connectivity index (χ4v) is 3.90. The number of rotatable bonds is 6. The molecule has 0 fully saturated rings. The van der Waals surface area contributed by atoms with Gasteiger partial charge in [0.2, 0.25) is 5.16 Å². The molecule has 0 radical (unpaired) electrons. The van der Waals surface area contributed by atoms with E-state index in [9.17, 15) is 9.90 Å². The number of benzene rings is 1. The number of nitrogens with zero attached hydrogens (tertiary/aromatic N) is 3. The number of esters is 1. The first-order valence-corrected chi connectivity index (χ1v) is 10.1. The van der Waals surface area contributed by atoms with Crippen molar-refractivity contribution in [1.82, 2.24) is 25.1 Å². The predicted molar refractivity (Wildman–Crippen MR) is 108 cm³/mol. The molecule has 0 atom stereocenters. The van der Waals surface area contributed by atoms with Gasteiger partial charge in [-0.1, -0.05) is 30.0 Å². The minimum atomic E-state index is -0.675. The number of H-pyrrole nitrogens is 2. The van der Waals surface area contributed by atoms with Gasteiger partial charge in [-0.15, -0.1) is 16.4 Å². The molecule has 0 saturated heterocycles. The summed E-state index contributed by atoms with van der Waals surface area (Å²) in [5.74, 6) is 0.153. The van der Waals surface area contributed by atoms with Crippen LogP contribution in [0.4, 0.5) is 0 Å². The van der Waals surface area contributed by atoms with E-state index in [-0.39, 0.29) is 22.9 Å². The lowest BCUT2D eigenvalue weighted by Gasteiger charge is -2.06. The van der Waals surface area contributed by atoms with Crippen LogP contribution in [-0.2, 0) is 9.53 Å². The lowest BCUT2D eigenvalue weighted by atomic mass is 10.2. The van der Waals surface area contributed by atoms with Crippen molar-refractivity contribution < 1.29 is 14.6 Å². The maximum atomic E-state index is 12.3. The molecule has 10 heteroatoms. The van der Waals surface area contributed by atoms with Gasteiger partial charge < -0.3 is 14.8 Å². The highest BCUT2D eigenvalue weighted by Crippen LogP contribution is 2.26. The van der Waals surface area contributed by atoms with Gasteiger partial charge in [-0.25, -0.2) is 14.8 Å². The first-order chi connectivity index (χ1) is 13.7. The van der Waals surface area contributed by atoms with Crippen LogP contribution in [0, 0.1) is 0 Å². The number of aliphatic hydroxyl groups is 1. The molecule has 28 heavy (non-hydrogen) atoms. The van der Waals surface area contributed by atoms with Crippen molar-refractivity contribution in [3.8, 4) is 10.7 Å². The second kappa shape index (κ2) is 7.87. The average molecular weight is 413 g/mol. The number of methoxy groups -OCH3 is 1. The quantitative estimate of drug-likeness (QED) is 0.191. The number of carbonyl (C=O) groups excluding carboxylic acids is 1. The van der Waals surface area contributed by atoms with Crippen molar-refractivity contribution in [3.05, 3.63) is 53.4 Å². The predicted octanol–water partition coefficient (Wildman–Crippen LogP) is 3.64. The fourth-order valence-electron chi connectivity index (χ4n) is 2.56. The van der Waals surface area contributed by atoms with E-state index in [1.165, 1.54) is 18.9 Å². The van der Waals surface area contributed by atoms with Crippen molar-refractivity contribution in [1.29, 1.82) is 0 Å². The minimum absolute atomic E-state index is 0.0137. The summed E-state index contributed by atoms with van der Waals surface area (Å²) in [7, 11) is 1.26. The lowest BCUT2D eigenvalue weighted by Crippen LogP contribution is -2.09. The summed E-state index contributed by atoms with van der Waals surface area (Å²) in [6.07, 6.45) is 0. The Kier molecular flexibility index (Phi) is 5.13. The minimum Gasteiger partial charge on any atom is -0.510 e. The zero-order valence-electron chi connectivity index (χ0n) is 14.7. The molecule has 8 nitrogen and oxygen atoms in total. The number of thiophene rings is 1. The average Bonchev–Trinajstić information content (AvgIpc) is 3.45. The van der Waals surface area contributed by atoms with E-state index in [2.05, 4.69) is 25.1 Å². The Morgan fingerprint density at radius 2 is 2.11 bits per heavy atom. The second-order valence-corrected chi connectivity index (χ2v) is 7.54. The topological polar surface area (TPSA) is 117 Å². The standard InChI is InChI=1S/C18H15N5O3S2/c1-26-17(25)14(16-19-10-5-2-3-6-11(10)20-16)12(24)9-28-18-21-15(22-23-18)13-7-4-8-27-13/h2-8,24H,9H2,1H3,(H,19,20)(H,21,22,23)/b14-12+. The maximum absolute atomic E-state index is 12.3. The Balaban J connectivity index is 1.59. The molecule has 3 N–H and O–H groups in total. The summed E-state index contributed by atoms with van der Waals surface area (Å²) in [6, 6.07) is 11.2. The highest BCUT2D eigenvalue weighted by atomic mass is 32.2. The van der Waals surface area contributed by atoms with Gasteiger partial charge >= 0.3 is 5.97 Å². The number of hydrogen-bond donors (Lipinski definition) is 3. The number of nitrogens with one attached hydrogen (secondary N) is 2. The van der Waals surface area contributed by atoms with Crippen LogP contribution < -0.4 is 0 Å². The summed E-state index contributed by atoms with van der Waals surface area (Å²) in [4.78, 5) is 25.0. The first-order valence-electron chi connectivity index (χ1n) is 8.20. The number of aromatic amines is 2. The van der Waals surface area contributed by atoms with E-state index in [1.807, 2.05) is 41.8 Å². The van der Waals surface area contributed by atoms with Crippen molar-refractivity contribution in [2.75, 3.05) is 12.9 Å². The van der Waals surface area contributed by atoms with Crippen LogP contribution in [0.2, 0.25) is 0 Å². The Morgan fingerprint density at radius 1 is 1.25 bits per heavy atom. The number of ether oxygens (including phenoxy) is 1. The van der Waals surface area contributed by atoms with Gasteiger partial charge in [-0.3, -0.25) is 5.10 Å². The molecule has 1 aromatic carbocycles. The van der Waals surface area contributed by atoms with Crippen molar-refractivity contribution in [3.63, 3.8) is 0 Å². The van der Waals surface area contributed by atoms with E-state index < -0.39 is 5.97 Å². The molecule has 3 aromatic heterocycles.